The van der Waals surface area contributed by atoms with E-state index in [9.17, 15) is 13.2 Å². The Morgan fingerprint density at radius 3 is 1.65 bits per heavy atom. The van der Waals surface area contributed by atoms with E-state index in [0.717, 1.165) is 6.42 Å². The summed E-state index contributed by atoms with van der Waals surface area (Å²) in [5.41, 5.74) is 5.75. The SMILES string of the molecule is CCCC(F)(F)F.c1ccc2c(c1)Cc1ccccc1-2. The number of hydrogen-bond acceptors (Lipinski definition) is 0. The van der Waals surface area contributed by atoms with Crippen LogP contribution in [0.15, 0.2) is 48.5 Å². The van der Waals surface area contributed by atoms with Gasteiger partial charge in [0.25, 0.3) is 0 Å². The maximum Gasteiger partial charge on any atom is 0.389 e. The largest absolute Gasteiger partial charge is 0.389 e. The van der Waals surface area contributed by atoms with Crippen LogP contribution in [0.3, 0.4) is 0 Å². The summed E-state index contributed by atoms with van der Waals surface area (Å²) in [7, 11) is 0. The van der Waals surface area contributed by atoms with Crippen LogP contribution in [0.5, 0.6) is 0 Å². The van der Waals surface area contributed by atoms with Crippen molar-refractivity contribution in [2.24, 2.45) is 0 Å². The highest BCUT2D eigenvalue weighted by Gasteiger charge is 2.24. The number of alkyl halides is 3. The van der Waals surface area contributed by atoms with Gasteiger partial charge in [-0.1, -0.05) is 55.5 Å². The van der Waals surface area contributed by atoms with Crippen LogP contribution in [0.25, 0.3) is 11.1 Å². The first-order chi connectivity index (χ1) is 9.51. The third-order valence-electron chi connectivity index (χ3n) is 3.24. The van der Waals surface area contributed by atoms with E-state index >= 15 is 0 Å². The fraction of sp³-hybridized carbons (Fsp3) is 0.294. The zero-order valence-electron chi connectivity index (χ0n) is 11.4. The van der Waals surface area contributed by atoms with Crippen LogP contribution in [-0.4, -0.2) is 6.18 Å². The molecule has 3 heteroatoms. The minimum absolute atomic E-state index is 0.184. The van der Waals surface area contributed by atoms with Crippen LogP contribution in [0, 0.1) is 0 Å². The molecule has 1 aliphatic carbocycles. The Morgan fingerprint density at radius 1 is 0.850 bits per heavy atom. The number of fused-ring (bicyclic) bond motifs is 3. The summed E-state index contributed by atoms with van der Waals surface area (Å²) >= 11 is 0. The molecule has 0 spiro atoms. The van der Waals surface area contributed by atoms with Gasteiger partial charge in [-0.05, 0) is 35.1 Å². The van der Waals surface area contributed by atoms with Gasteiger partial charge in [0.15, 0.2) is 0 Å². The van der Waals surface area contributed by atoms with Crippen LogP contribution in [0.1, 0.15) is 30.9 Å². The molecule has 2 aromatic rings. The van der Waals surface area contributed by atoms with E-state index in [1.165, 1.54) is 29.2 Å². The van der Waals surface area contributed by atoms with E-state index < -0.39 is 12.6 Å². The molecule has 0 aliphatic heterocycles. The Bertz CT molecular complexity index is 527. The zero-order chi connectivity index (χ0) is 14.6. The molecule has 0 atom stereocenters. The lowest BCUT2D eigenvalue weighted by molar-refractivity contribution is -0.134. The van der Waals surface area contributed by atoms with Gasteiger partial charge < -0.3 is 0 Å². The lowest BCUT2D eigenvalue weighted by Gasteiger charge is -2.00. The molecule has 0 radical (unpaired) electrons. The lowest BCUT2D eigenvalue weighted by Crippen LogP contribution is -2.04. The average Bonchev–Trinajstić information content (AvgIpc) is 2.76. The monoisotopic (exact) mass is 278 g/mol. The van der Waals surface area contributed by atoms with Crippen molar-refractivity contribution in [3.63, 3.8) is 0 Å². The molecule has 0 N–H and O–H groups in total. The molecule has 20 heavy (non-hydrogen) atoms. The number of hydrogen-bond donors (Lipinski definition) is 0. The second-order valence-electron chi connectivity index (χ2n) is 4.86. The predicted octanol–water partition coefficient (Wildman–Crippen LogP) is 5.61. The summed E-state index contributed by atoms with van der Waals surface area (Å²) in [5.74, 6) is 0. The highest BCUT2D eigenvalue weighted by Crippen LogP contribution is 2.35. The van der Waals surface area contributed by atoms with Crippen molar-refractivity contribution >= 4 is 0 Å². The topological polar surface area (TPSA) is 0 Å². The molecule has 0 saturated heterocycles. The Morgan fingerprint density at radius 2 is 1.30 bits per heavy atom. The molecule has 0 amide bonds. The standard InChI is InChI=1S/C13H10.C4H7F3/c1-3-7-12-10(5-1)9-11-6-2-4-8-13(11)12;1-2-3-4(5,6)7/h1-8H,9H2;2-3H2,1H3. The molecule has 0 saturated carbocycles. The third kappa shape index (κ3) is 3.62. The van der Waals surface area contributed by atoms with Crippen LogP contribution in [-0.2, 0) is 6.42 Å². The third-order valence-corrected chi connectivity index (χ3v) is 3.24. The average molecular weight is 278 g/mol. The van der Waals surface area contributed by atoms with Crippen LogP contribution < -0.4 is 0 Å². The molecular weight excluding hydrogens is 261 g/mol. The smallest absolute Gasteiger partial charge is 0.171 e. The van der Waals surface area contributed by atoms with E-state index in [1.54, 1.807) is 0 Å². The first-order valence-electron chi connectivity index (χ1n) is 6.74. The number of rotatable bonds is 1. The summed E-state index contributed by atoms with van der Waals surface area (Å²) in [6, 6.07) is 17.3. The second kappa shape index (κ2) is 6.12. The molecule has 0 nitrogen and oxygen atoms in total. The van der Waals surface area contributed by atoms with E-state index in [1.807, 2.05) is 0 Å². The van der Waals surface area contributed by atoms with E-state index in [4.69, 9.17) is 0 Å². The number of benzene rings is 2. The molecule has 0 unspecified atom stereocenters. The zero-order valence-corrected chi connectivity index (χ0v) is 11.4. The highest BCUT2D eigenvalue weighted by molar-refractivity contribution is 5.76. The maximum absolute atomic E-state index is 11.1. The van der Waals surface area contributed by atoms with Crippen LogP contribution in [0.4, 0.5) is 13.2 Å². The first kappa shape index (κ1) is 14.6. The normalized spacial score (nSPS) is 12.2. The van der Waals surface area contributed by atoms with Gasteiger partial charge in [0, 0.05) is 6.42 Å². The number of halogens is 3. The molecule has 2 aromatic carbocycles. The molecule has 0 fully saturated rings. The summed E-state index contributed by atoms with van der Waals surface area (Å²) in [5, 5.41) is 0. The van der Waals surface area contributed by atoms with Gasteiger partial charge in [-0.2, -0.15) is 13.2 Å². The van der Waals surface area contributed by atoms with Gasteiger partial charge in [-0.3, -0.25) is 0 Å². The molecule has 3 rings (SSSR count). The summed E-state index contributed by atoms with van der Waals surface area (Å²) in [4.78, 5) is 0. The second-order valence-corrected chi connectivity index (χ2v) is 4.86. The van der Waals surface area contributed by atoms with Gasteiger partial charge in [-0.15, -0.1) is 0 Å². The van der Waals surface area contributed by atoms with E-state index in [0.29, 0.717) is 0 Å². The Balaban J connectivity index is 0.000000182. The van der Waals surface area contributed by atoms with E-state index in [-0.39, 0.29) is 6.42 Å². The summed E-state index contributed by atoms with van der Waals surface area (Å²) in [6.45, 7) is 1.51. The van der Waals surface area contributed by atoms with Gasteiger partial charge in [-0.25, -0.2) is 0 Å². The van der Waals surface area contributed by atoms with Crippen molar-refractivity contribution in [3.8, 4) is 11.1 Å². The summed E-state index contributed by atoms with van der Waals surface area (Å²) < 4.78 is 33.2. The van der Waals surface area contributed by atoms with Gasteiger partial charge in [0.1, 0.15) is 0 Å². The van der Waals surface area contributed by atoms with Crippen molar-refractivity contribution < 1.29 is 13.2 Å². The van der Waals surface area contributed by atoms with Crippen LogP contribution in [0.2, 0.25) is 0 Å². The Kier molecular flexibility index (Phi) is 4.48. The Labute approximate surface area is 117 Å². The van der Waals surface area contributed by atoms with E-state index in [2.05, 4.69) is 48.5 Å². The van der Waals surface area contributed by atoms with Gasteiger partial charge in [0.2, 0.25) is 0 Å². The maximum atomic E-state index is 11.1. The Hall–Kier alpha value is -1.77. The molecule has 1 aliphatic rings. The molecular formula is C17H17F3. The predicted molar refractivity (Wildman–Crippen MR) is 75.6 cm³/mol. The minimum Gasteiger partial charge on any atom is -0.171 e. The van der Waals surface area contributed by atoms with Crippen molar-refractivity contribution in [1.82, 2.24) is 0 Å². The minimum atomic E-state index is -3.95. The van der Waals surface area contributed by atoms with Crippen molar-refractivity contribution in [2.45, 2.75) is 32.4 Å². The molecule has 106 valence electrons. The fourth-order valence-corrected chi connectivity index (χ4v) is 2.36. The van der Waals surface area contributed by atoms with Crippen molar-refractivity contribution in [3.05, 3.63) is 59.7 Å². The quantitative estimate of drug-likeness (QED) is 0.543. The van der Waals surface area contributed by atoms with Gasteiger partial charge >= 0.3 is 6.18 Å². The molecule has 0 bridgehead atoms. The molecule has 0 heterocycles. The fourth-order valence-electron chi connectivity index (χ4n) is 2.36. The molecule has 0 aromatic heterocycles. The summed E-state index contributed by atoms with van der Waals surface area (Å²) in [6.07, 6.45) is -3.32. The van der Waals surface area contributed by atoms with Crippen LogP contribution >= 0.6 is 0 Å². The van der Waals surface area contributed by atoms with Gasteiger partial charge in [0.05, 0.1) is 0 Å². The first-order valence-corrected chi connectivity index (χ1v) is 6.74. The lowest BCUT2D eigenvalue weighted by atomic mass is 10.1. The highest BCUT2D eigenvalue weighted by atomic mass is 19.4. The van der Waals surface area contributed by atoms with Crippen molar-refractivity contribution in [1.29, 1.82) is 0 Å². The van der Waals surface area contributed by atoms with Crippen molar-refractivity contribution in [2.75, 3.05) is 0 Å².